The van der Waals surface area contributed by atoms with Gasteiger partial charge >= 0.3 is 0 Å². The maximum atomic E-state index is 6.10. The Morgan fingerprint density at radius 3 is 2.48 bits per heavy atom. The minimum atomic E-state index is 0. The fraction of sp³-hybridized carbons (Fsp3) is 0.588. The standard InChI is InChI=1S/C17H24N6.2ClH/c1-10-7-20-23(2)16(10)15-6-12(17(18)22-21-15)3-11-4-13-8-19-9-14(13)5-11;;/h6-7,11,13-14,19H,3-5,8-9H2,1-2H3,(H2,18,22);2*1H/t11-,13+,14-;;. The highest BCUT2D eigenvalue weighted by Gasteiger charge is 2.37. The first-order chi connectivity index (χ1) is 11.1. The van der Waals surface area contributed by atoms with Gasteiger partial charge in [0.05, 0.1) is 11.9 Å². The molecule has 1 saturated carbocycles. The Hall–Kier alpha value is -1.37. The van der Waals surface area contributed by atoms with E-state index in [1.807, 2.05) is 24.9 Å². The minimum Gasteiger partial charge on any atom is -0.382 e. The third-order valence-electron chi connectivity index (χ3n) is 5.53. The van der Waals surface area contributed by atoms with Gasteiger partial charge in [-0.2, -0.15) is 5.10 Å². The van der Waals surface area contributed by atoms with Crippen molar-refractivity contribution < 1.29 is 0 Å². The van der Waals surface area contributed by atoms with Crippen LogP contribution in [0, 0.1) is 24.7 Å². The van der Waals surface area contributed by atoms with Gasteiger partial charge in [-0.3, -0.25) is 4.68 Å². The number of hydrogen-bond acceptors (Lipinski definition) is 5. The number of aryl methyl sites for hydroxylation is 2. The first kappa shape index (κ1) is 19.9. The van der Waals surface area contributed by atoms with E-state index in [9.17, 15) is 0 Å². The number of halogens is 2. The Morgan fingerprint density at radius 2 is 1.88 bits per heavy atom. The molecular formula is C17H26Cl2N6. The number of hydrogen-bond donors (Lipinski definition) is 2. The highest BCUT2D eigenvalue weighted by atomic mass is 35.5. The molecule has 6 nitrogen and oxygen atoms in total. The third-order valence-corrected chi connectivity index (χ3v) is 5.53. The van der Waals surface area contributed by atoms with Gasteiger partial charge in [-0.1, -0.05) is 0 Å². The van der Waals surface area contributed by atoms with Crippen LogP contribution in [0.3, 0.4) is 0 Å². The van der Waals surface area contributed by atoms with Crippen molar-refractivity contribution >= 4 is 30.6 Å². The van der Waals surface area contributed by atoms with Gasteiger partial charge in [0.1, 0.15) is 11.5 Å². The smallest absolute Gasteiger partial charge is 0.149 e. The summed E-state index contributed by atoms with van der Waals surface area (Å²) in [6, 6.07) is 2.11. The number of nitrogens with zero attached hydrogens (tertiary/aromatic N) is 4. The molecule has 2 aromatic heterocycles. The van der Waals surface area contributed by atoms with E-state index >= 15 is 0 Å². The van der Waals surface area contributed by atoms with Gasteiger partial charge in [0.25, 0.3) is 0 Å². The molecule has 138 valence electrons. The highest BCUT2D eigenvalue weighted by molar-refractivity contribution is 5.85. The van der Waals surface area contributed by atoms with E-state index in [1.54, 1.807) is 0 Å². The summed E-state index contributed by atoms with van der Waals surface area (Å²) in [6.07, 6.45) is 5.48. The molecule has 2 fully saturated rings. The summed E-state index contributed by atoms with van der Waals surface area (Å²) in [5.41, 5.74) is 10.2. The Kier molecular flexibility index (Phi) is 6.30. The molecule has 0 spiro atoms. The summed E-state index contributed by atoms with van der Waals surface area (Å²) < 4.78 is 1.85. The van der Waals surface area contributed by atoms with Crippen molar-refractivity contribution in [3.63, 3.8) is 0 Å². The molecule has 1 aliphatic carbocycles. The highest BCUT2D eigenvalue weighted by Crippen LogP contribution is 2.40. The average molecular weight is 385 g/mol. The summed E-state index contributed by atoms with van der Waals surface area (Å²) in [4.78, 5) is 0. The Balaban J connectivity index is 0.00000113. The van der Waals surface area contributed by atoms with Crippen LogP contribution in [0.4, 0.5) is 5.82 Å². The number of fused-ring (bicyclic) bond motifs is 1. The van der Waals surface area contributed by atoms with E-state index in [-0.39, 0.29) is 24.8 Å². The lowest BCUT2D eigenvalue weighted by molar-refractivity contribution is 0.490. The third kappa shape index (κ3) is 3.76. The molecule has 2 aromatic rings. The van der Waals surface area contributed by atoms with Gasteiger partial charge in [0, 0.05) is 7.05 Å². The number of nitrogen functional groups attached to an aromatic ring is 1. The Morgan fingerprint density at radius 1 is 1.20 bits per heavy atom. The van der Waals surface area contributed by atoms with Crippen LogP contribution in [-0.4, -0.2) is 33.1 Å². The molecule has 3 atom stereocenters. The van der Waals surface area contributed by atoms with E-state index in [0.717, 1.165) is 46.7 Å². The van der Waals surface area contributed by atoms with Crippen molar-refractivity contribution in [1.82, 2.24) is 25.3 Å². The molecule has 3 N–H and O–H groups in total. The van der Waals surface area contributed by atoms with Gasteiger partial charge in [0.2, 0.25) is 0 Å². The number of nitrogens with one attached hydrogen (secondary N) is 1. The van der Waals surface area contributed by atoms with Gasteiger partial charge in [-0.15, -0.1) is 35.0 Å². The van der Waals surface area contributed by atoms with Crippen LogP contribution in [0.5, 0.6) is 0 Å². The molecule has 1 saturated heterocycles. The number of aromatic nitrogens is 4. The first-order valence-electron chi connectivity index (χ1n) is 8.43. The van der Waals surface area contributed by atoms with Crippen LogP contribution >= 0.6 is 24.8 Å². The molecule has 4 rings (SSSR count). The van der Waals surface area contributed by atoms with Gasteiger partial charge < -0.3 is 11.1 Å². The fourth-order valence-corrected chi connectivity index (χ4v) is 4.40. The van der Waals surface area contributed by atoms with E-state index in [4.69, 9.17) is 5.73 Å². The lowest BCUT2D eigenvalue weighted by Gasteiger charge is -2.13. The molecule has 0 aromatic carbocycles. The molecular weight excluding hydrogens is 359 g/mol. The van der Waals surface area contributed by atoms with Crippen molar-refractivity contribution in [1.29, 1.82) is 0 Å². The minimum absolute atomic E-state index is 0. The summed E-state index contributed by atoms with van der Waals surface area (Å²) in [6.45, 7) is 4.42. The quantitative estimate of drug-likeness (QED) is 0.848. The molecule has 0 radical (unpaired) electrons. The Labute approximate surface area is 160 Å². The monoisotopic (exact) mass is 384 g/mol. The summed E-state index contributed by atoms with van der Waals surface area (Å²) in [7, 11) is 1.94. The van der Waals surface area contributed by atoms with Gasteiger partial charge in [0.15, 0.2) is 0 Å². The molecule has 3 heterocycles. The van der Waals surface area contributed by atoms with Gasteiger partial charge in [-0.25, -0.2) is 0 Å². The van der Waals surface area contributed by atoms with Crippen molar-refractivity contribution in [3.05, 3.63) is 23.4 Å². The molecule has 8 heteroatoms. The SMILES string of the molecule is Cc1cnn(C)c1-c1cc(C[C@@H]2C[C@H]3CNC[C@H]3C2)c(N)nn1.Cl.Cl. The first-order valence-corrected chi connectivity index (χ1v) is 8.43. The second-order valence-corrected chi connectivity index (χ2v) is 7.16. The number of rotatable bonds is 3. The van der Waals surface area contributed by atoms with Crippen LogP contribution in [0.2, 0.25) is 0 Å². The fourth-order valence-electron chi connectivity index (χ4n) is 4.40. The van der Waals surface area contributed by atoms with Crippen molar-refractivity contribution in [2.24, 2.45) is 24.8 Å². The molecule has 0 unspecified atom stereocenters. The lowest BCUT2D eigenvalue weighted by atomic mass is 9.96. The normalized spacial score (nSPS) is 24.5. The molecule has 1 aliphatic heterocycles. The zero-order valence-electron chi connectivity index (χ0n) is 14.6. The van der Waals surface area contributed by atoms with Crippen LogP contribution < -0.4 is 11.1 Å². The second-order valence-electron chi connectivity index (χ2n) is 7.16. The average Bonchev–Trinajstić information content (AvgIpc) is 3.17. The maximum Gasteiger partial charge on any atom is 0.149 e. The molecule has 0 amide bonds. The molecule has 25 heavy (non-hydrogen) atoms. The predicted molar refractivity (Wildman–Crippen MR) is 104 cm³/mol. The van der Waals surface area contributed by atoms with Crippen LogP contribution in [0.25, 0.3) is 11.4 Å². The van der Waals surface area contributed by atoms with Crippen molar-refractivity contribution in [3.8, 4) is 11.4 Å². The number of anilines is 1. The van der Waals surface area contributed by atoms with E-state index in [1.165, 1.54) is 25.9 Å². The summed E-state index contributed by atoms with van der Waals surface area (Å²) in [5, 5.41) is 16.3. The largest absolute Gasteiger partial charge is 0.382 e. The maximum absolute atomic E-state index is 6.10. The lowest BCUT2D eigenvalue weighted by Crippen LogP contribution is -2.14. The van der Waals surface area contributed by atoms with E-state index in [0.29, 0.717) is 5.82 Å². The van der Waals surface area contributed by atoms with Crippen LogP contribution in [0.15, 0.2) is 12.3 Å². The van der Waals surface area contributed by atoms with Crippen molar-refractivity contribution in [2.75, 3.05) is 18.8 Å². The second kappa shape index (κ2) is 7.89. The van der Waals surface area contributed by atoms with E-state index < -0.39 is 0 Å². The summed E-state index contributed by atoms with van der Waals surface area (Å²) in [5.74, 6) is 3.01. The zero-order chi connectivity index (χ0) is 16.0. The van der Waals surface area contributed by atoms with Crippen molar-refractivity contribution in [2.45, 2.75) is 26.2 Å². The van der Waals surface area contributed by atoms with Crippen LogP contribution in [-0.2, 0) is 13.5 Å². The Bertz CT molecular complexity index is 700. The topological polar surface area (TPSA) is 81.7 Å². The molecule has 2 aliphatic rings. The summed E-state index contributed by atoms with van der Waals surface area (Å²) >= 11 is 0. The zero-order valence-corrected chi connectivity index (χ0v) is 16.2. The molecule has 0 bridgehead atoms. The van der Waals surface area contributed by atoms with E-state index in [2.05, 4.69) is 26.7 Å². The number of nitrogens with two attached hydrogens (primary N) is 1. The van der Waals surface area contributed by atoms with Crippen LogP contribution in [0.1, 0.15) is 24.0 Å². The van der Waals surface area contributed by atoms with Gasteiger partial charge in [-0.05, 0) is 74.2 Å². The predicted octanol–water partition coefficient (Wildman–Crippen LogP) is 2.40.